The van der Waals surface area contributed by atoms with Gasteiger partial charge in [0.15, 0.2) is 23.3 Å². The first-order valence-electron chi connectivity index (χ1n) is 11.4. The third kappa shape index (κ3) is 2.89. The van der Waals surface area contributed by atoms with Crippen molar-refractivity contribution >= 4 is 11.6 Å². The fourth-order valence-corrected chi connectivity index (χ4v) is 5.92. The Morgan fingerprint density at radius 2 is 1.64 bits per heavy atom. The Bertz CT molecular complexity index is 1320. The zero-order valence-electron chi connectivity index (χ0n) is 20.7. The molecule has 4 atom stereocenters. The molecule has 192 valence electrons. The number of ketones is 2. The molecule has 0 saturated carbocycles. The maximum Gasteiger partial charge on any atom is 0.202 e. The zero-order chi connectivity index (χ0) is 26.4. The normalized spacial score (nSPS) is 30.2. The summed E-state index contributed by atoms with van der Waals surface area (Å²) in [5.41, 5.74) is -2.80. The molecule has 3 aliphatic rings. The average molecular weight is 502 g/mol. The lowest BCUT2D eigenvalue weighted by atomic mass is 9.69. The first-order valence-corrected chi connectivity index (χ1v) is 11.4. The molecule has 9 nitrogen and oxygen atoms in total. The molecule has 36 heavy (non-hydrogen) atoms. The molecule has 2 aromatic carbocycles. The fraction of sp³-hybridized carbons (Fsp3) is 0.462. The molecule has 5 rings (SSSR count). The van der Waals surface area contributed by atoms with Crippen LogP contribution in [0.4, 0.5) is 4.39 Å². The molecule has 1 unspecified atom stereocenters. The summed E-state index contributed by atoms with van der Waals surface area (Å²) in [6.45, 7) is 4.71. The van der Waals surface area contributed by atoms with E-state index in [0.717, 1.165) is 0 Å². The number of hydrogen-bond acceptors (Lipinski definition) is 9. The van der Waals surface area contributed by atoms with E-state index in [9.17, 15) is 19.8 Å². The van der Waals surface area contributed by atoms with Gasteiger partial charge in [-0.05, 0) is 26.8 Å². The Morgan fingerprint density at radius 3 is 2.25 bits per heavy atom. The van der Waals surface area contributed by atoms with Crippen LogP contribution in [0.2, 0.25) is 0 Å². The average Bonchev–Trinajstić information content (AvgIpc) is 3.05. The van der Waals surface area contributed by atoms with E-state index in [1.54, 1.807) is 19.9 Å². The van der Waals surface area contributed by atoms with Crippen molar-refractivity contribution in [2.45, 2.75) is 56.6 Å². The summed E-state index contributed by atoms with van der Waals surface area (Å²) >= 11 is 0. The second-order valence-corrected chi connectivity index (χ2v) is 9.76. The van der Waals surface area contributed by atoms with Gasteiger partial charge in [-0.3, -0.25) is 9.59 Å². The predicted octanol–water partition coefficient (Wildman–Crippen LogP) is 3.35. The number of methoxy groups -OCH3 is 3. The molecular formula is C26H27FO9. The van der Waals surface area contributed by atoms with Gasteiger partial charge in [0, 0.05) is 37.3 Å². The van der Waals surface area contributed by atoms with E-state index in [1.807, 2.05) is 0 Å². The number of carbonyl (C=O) groups excluding carboxylic acids is 2. The molecule has 1 spiro atoms. The maximum atomic E-state index is 16.4. The van der Waals surface area contributed by atoms with Gasteiger partial charge in [0.05, 0.1) is 23.8 Å². The van der Waals surface area contributed by atoms with Crippen LogP contribution in [-0.4, -0.2) is 66.5 Å². The summed E-state index contributed by atoms with van der Waals surface area (Å²) in [5, 5.41) is 22.8. The number of fused-ring (bicyclic) bond motifs is 3. The number of halogens is 1. The van der Waals surface area contributed by atoms with Gasteiger partial charge in [-0.15, -0.1) is 0 Å². The number of ether oxygens (including phenoxy) is 5. The SMILES string of the molecule is COc1cccc2c1C(=O)c1c(O)c3c(c(O)c1C2=O)C[C@]1(OC(C)(C)OC1(C)OC)[C@@H](F)[C@@H]3OC. The zero-order valence-corrected chi connectivity index (χ0v) is 20.7. The molecule has 1 saturated heterocycles. The Kier molecular flexibility index (Phi) is 5.29. The summed E-state index contributed by atoms with van der Waals surface area (Å²) in [6.07, 6.45) is -3.78. The first kappa shape index (κ1) is 24.6. The molecule has 1 heterocycles. The number of aromatic hydroxyl groups is 2. The number of phenolic OH excluding ortho intramolecular Hbond substituents is 2. The minimum atomic E-state index is -1.96. The largest absolute Gasteiger partial charge is 0.507 e. The van der Waals surface area contributed by atoms with Crippen molar-refractivity contribution < 1.29 is 47.9 Å². The van der Waals surface area contributed by atoms with Crippen LogP contribution in [0.5, 0.6) is 17.2 Å². The predicted molar refractivity (Wildman–Crippen MR) is 122 cm³/mol. The van der Waals surface area contributed by atoms with Gasteiger partial charge in [-0.1, -0.05) is 12.1 Å². The number of phenols is 2. The van der Waals surface area contributed by atoms with Gasteiger partial charge in [0.2, 0.25) is 11.6 Å². The molecule has 2 aromatic rings. The van der Waals surface area contributed by atoms with E-state index in [0.29, 0.717) is 0 Å². The minimum Gasteiger partial charge on any atom is -0.507 e. The second kappa shape index (κ2) is 7.72. The van der Waals surface area contributed by atoms with Gasteiger partial charge in [0.25, 0.3) is 0 Å². The molecule has 1 aliphatic heterocycles. The van der Waals surface area contributed by atoms with Crippen LogP contribution in [0.15, 0.2) is 18.2 Å². The monoisotopic (exact) mass is 502 g/mol. The maximum absolute atomic E-state index is 16.4. The molecule has 2 aliphatic carbocycles. The van der Waals surface area contributed by atoms with E-state index in [1.165, 1.54) is 40.4 Å². The lowest BCUT2D eigenvalue weighted by Gasteiger charge is -2.47. The summed E-state index contributed by atoms with van der Waals surface area (Å²) in [4.78, 5) is 27.1. The van der Waals surface area contributed by atoms with Gasteiger partial charge < -0.3 is 33.9 Å². The van der Waals surface area contributed by atoms with Crippen LogP contribution in [0.25, 0.3) is 0 Å². The third-order valence-electron chi connectivity index (χ3n) is 7.48. The smallest absolute Gasteiger partial charge is 0.202 e. The Morgan fingerprint density at radius 1 is 0.972 bits per heavy atom. The van der Waals surface area contributed by atoms with Crippen molar-refractivity contribution in [2.75, 3.05) is 21.3 Å². The minimum absolute atomic E-state index is 0.00377. The molecular weight excluding hydrogens is 475 g/mol. The highest BCUT2D eigenvalue weighted by atomic mass is 19.1. The van der Waals surface area contributed by atoms with E-state index < -0.39 is 58.1 Å². The van der Waals surface area contributed by atoms with Gasteiger partial charge >= 0.3 is 0 Å². The standard InChI is InChI=1S/C26H27FO9/c1-24(2)35-25(3,34-6)26(36-24)10-12-15(22(33-5)23(26)27)21(31)17-16(19(12)29)18(28)11-8-7-9-13(32-4)14(11)20(17)30/h7-9,22-23,29,31H,10H2,1-6H3/t22-,23+,25?,26+/m1/s1. The topological polar surface area (TPSA) is 121 Å². The Balaban J connectivity index is 1.80. The summed E-state index contributed by atoms with van der Waals surface area (Å²) in [6, 6.07) is 4.49. The van der Waals surface area contributed by atoms with Crippen molar-refractivity contribution in [1.82, 2.24) is 0 Å². The van der Waals surface area contributed by atoms with Crippen molar-refractivity contribution in [3.8, 4) is 17.2 Å². The summed E-state index contributed by atoms with van der Waals surface area (Å²) < 4.78 is 44.7. The molecule has 2 N–H and O–H groups in total. The first-order chi connectivity index (χ1) is 16.9. The van der Waals surface area contributed by atoms with Gasteiger partial charge in [0.1, 0.15) is 23.4 Å². The summed E-state index contributed by atoms with van der Waals surface area (Å²) in [7, 11) is 3.92. The second-order valence-electron chi connectivity index (χ2n) is 9.76. The van der Waals surface area contributed by atoms with Crippen molar-refractivity contribution in [3.05, 3.63) is 51.6 Å². The molecule has 0 radical (unpaired) electrons. The molecule has 0 amide bonds. The van der Waals surface area contributed by atoms with E-state index in [-0.39, 0.29) is 40.0 Å². The summed E-state index contributed by atoms with van der Waals surface area (Å²) in [5.74, 6) is -5.38. The lowest BCUT2D eigenvalue weighted by molar-refractivity contribution is -0.255. The van der Waals surface area contributed by atoms with Crippen LogP contribution >= 0.6 is 0 Å². The highest BCUT2D eigenvalue weighted by Crippen LogP contribution is 2.59. The molecule has 10 heteroatoms. The fourth-order valence-electron chi connectivity index (χ4n) is 5.92. The van der Waals surface area contributed by atoms with E-state index >= 15 is 4.39 Å². The van der Waals surface area contributed by atoms with Crippen molar-refractivity contribution in [3.63, 3.8) is 0 Å². The van der Waals surface area contributed by atoms with Crippen molar-refractivity contribution in [1.29, 1.82) is 0 Å². The van der Waals surface area contributed by atoms with E-state index in [2.05, 4.69) is 0 Å². The van der Waals surface area contributed by atoms with E-state index in [4.69, 9.17) is 23.7 Å². The van der Waals surface area contributed by atoms with Crippen LogP contribution in [-0.2, 0) is 25.4 Å². The number of alkyl halides is 1. The Hall–Kier alpha value is -3.05. The third-order valence-corrected chi connectivity index (χ3v) is 7.48. The molecule has 0 aromatic heterocycles. The van der Waals surface area contributed by atoms with Gasteiger partial charge in [-0.2, -0.15) is 0 Å². The van der Waals surface area contributed by atoms with Crippen LogP contribution < -0.4 is 4.74 Å². The van der Waals surface area contributed by atoms with Crippen molar-refractivity contribution in [2.24, 2.45) is 0 Å². The highest BCUT2D eigenvalue weighted by Gasteiger charge is 2.70. The molecule has 1 fully saturated rings. The molecule has 0 bridgehead atoms. The Labute approximate surface area is 206 Å². The number of benzene rings is 2. The highest BCUT2D eigenvalue weighted by molar-refractivity contribution is 6.31. The number of carbonyl (C=O) groups is 2. The van der Waals surface area contributed by atoms with Crippen LogP contribution in [0.1, 0.15) is 69.8 Å². The van der Waals surface area contributed by atoms with Crippen LogP contribution in [0.3, 0.4) is 0 Å². The van der Waals surface area contributed by atoms with Gasteiger partial charge in [-0.25, -0.2) is 4.39 Å². The number of hydrogen-bond donors (Lipinski definition) is 2. The quantitative estimate of drug-likeness (QED) is 0.520. The van der Waals surface area contributed by atoms with Crippen LogP contribution in [0, 0.1) is 0 Å². The number of rotatable bonds is 3. The lowest BCUT2D eigenvalue weighted by Crippen LogP contribution is -2.62.